The van der Waals surface area contributed by atoms with Crippen LogP contribution < -0.4 is 5.32 Å². The van der Waals surface area contributed by atoms with Crippen LogP contribution in [0.4, 0.5) is 31.1 Å². The first-order chi connectivity index (χ1) is 17.9. The molecule has 0 bridgehead atoms. The van der Waals surface area contributed by atoms with E-state index in [1.807, 2.05) is 66.0 Å². The van der Waals surface area contributed by atoms with Crippen molar-refractivity contribution in [2.24, 2.45) is 0 Å². The van der Waals surface area contributed by atoms with Crippen molar-refractivity contribution in [3.63, 3.8) is 0 Å². The first-order valence-electron chi connectivity index (χ1n) is 11.8. The molecule has 0 radical (unpaired) electrons. The summed E-state index contributed by atoms with van der Waals surface area (Å²) in [7, 11) is 0. The summed E-state index contributed by atoms with van der Waals surface area (Å²) in [6.45, 7) is 7.18. The third-order valence-corrected chi connectivity index (χ3v) is 7.74. The maximum atomic E-state index is 14.6. The van der Waals surface area contributed by atoms with E-state index < -0.39 is 41.2 Å². The fourth-order valence-electron chi connectivity index (χ4n) is 4.10. The normalized spacial score (nSPS) is 13.2. The number of benzene rings is 3. The molecule has 1 amide bonds. The predicted octanol–water partition coefficient (Wildman–Crippen LogP) is 9.73. The van der Waals surface area contributed by atoms with Gasteiger partial charge in [0.05, 0.1) is 23.8 Å². The van der Waals surface area contributed by atoms with Gasteiger partial charge in [0.2, 0.25) is 0 Å². The maximum absolute atomic E-state index is 14.6. The van der Waals surface area contributed by atoms with Crippen LogP contribution in [-0.4, -0.2) is 12.7 Å². The summed E-state index contributed by atoms with van der Waals surface area (Å²) in [6, 6.07) is 10.5. The SMILES string of the molecule is CCOC(=O)NC(c1c(I)cc(C(C)(C)C)cc1I)c1c(C(F)(F)F)cc(-c2ccccc2)cc1C(F)(F)F. The van der Waals surface area contributed by atoms with Crippen molar-refractivity contribution in [3.8, 4) is 11.1 Å². The highest BCUT2D eigenvalue weighted by molar-refractivity contribution is 14.1. The highest BCUT2D eigenvalue weighted by Crippen LogP contribution is 2.47. The largest absolute Gasteiger partial charge is 0.450 e. The fraction of sp³-hybridized carbons (Fsp3) is 0.321. The van der Waals surface area contributed by atoms with Crippen LogP contribution in [0.25, 0.3) is 11.1 Å². The lowest BCUT2D eigenvalue weighted by molar-refractivity contribution is -0.144. The zero-order chi connectivity index (χ0) is 29.3. The van der Waals surface area contributed by atoms with Crippen molar-refractivity contribution in [1.82, 2.24) is 5.32 Å². The molecule has 0 saturated heterocycles. The molecule has 3 aromatic carbocycles. The van der Waals surface area contributed by atoms with Crippen LogP contribution in [0, 0.1) is 7.14 Å². The summed E-state index contributed by atoms with van der Waals surface area (Å²) >= 11 is 3.77. The molecule has 210 valence electrons. The zero-order valence-electron chi connectivity index (χ0n) is 21.3. The van der Waals surface area contributed by atoms with Crippen molar-refractivity contribution >= 4 is 51.3 Å². The molecule has 11 heteroatoms. The molecule has 0 aliphatic rings. The first-order valence-corrected chi connectivity index (χ1v) is 13.9. The van der Waals surface area contributed by atoms with Crippen molar-refractivity contribution < 1.29 is 35.9 Å². The Morgan fingerprint density at radius 1 is 0.821 bits per heavy atom. The van der Waals surface area contributed by atoms with Crippen LogP contribution in [0.2, 0.25) is 0 Å². The number of nitrogens with one attached hydrogen (secondary N) is 1. The molecule has 1 N–H and O–H groups in total. The molecule has 3 rings (SSSR count). The molecule has 0 fully saturated rings. The lowest BCUT2D eigenvalue weighted by Gasteiger charge is -2.30. The van der Waals surface area contributed by atoms with Crippen molar-refractivity contribution in [3.05, 3.63) is 89.6 Å². The van der Waals surface area contributed by atoms with E-state index >= 15 is 0 Å². The third-order valence-electron chi connectivity index (χ3n) is 5.96. The number of halogens is 8. The van der Waals surface area contributed by atoms with Gasteiger partial charge in [-0.15, -0.1) is 0 Å². The molecule has 0 aromatic heterocycles. The molecular formula is C28H25F6I2NO2. The zero-order valence-corrected chi connectivity index (χ0v) is 25.6. The number of amides is 1. The second-order valence-electron chi connectivity index (χ2n) is 9.75. The lowest BCUT2D eigenvalue weighted by atomic mass is 9.83. The van der Waals surface area contributed by atoms with E-state index in [4.69, 9.17) is 4.74 Å². The van der Waals surface area contributed by atoms with E-state index in [-0.39, 0.29) is 28.7 Å². The Bertz CT molecular complexity index is 1290. The number of alkyl carbamates (subject to hydrolysis) is 1. The van der Waals surface area contributed by atoms with E-state index in [1.165, 1.54) is 31.2 Å². The van der Waals surface area contributed by atoms with Crippen LogP contribution in [0.15, 0.2) is 54.6 Å². The Kier molecular flexibility index (Phi) is 9.56. The summed E-state index contributed by atoms with van der Waals surface area (Å²) in [5.74, 6) is 0. The summed E-state index contributed by atoms with van der Waals surface area (Å²) in [6.07, 6.45) is -11.5. The van der Waals surface area contributed by atoms with Crippen molar-refractivity contribution in [1.29, 1.82) is 0 Å². The van der Waals surface area contributed by atoms with Crippen LogP contribution in [0.1, 0.15) is 61.6 Å². The maximum Gasteiger partial charge on any atom is 0.416 e. The minimum atomic E-state index is -5.17. The number of hydrogen-bond acceptors (Lipinski definition) is 2. The highest BCUT2D eigenvalue weighted by atomic mass is 127. The Balaban J connectivity index is 2.46. The van der Waals surface area contributed by atoms with Crippen LogP contribution in [0.5, 0.6) is 0 Å². The minimum Gasteiger partial charge on any atom is -0.450 e. The average Bonchev–Trinajstić information content (AvgIpc) is 2.81. The van der Waals surface area contributed by atoms with Gasteiger partial charge in [-0.2, -0.15) is 26.3 Å². The number of hydrogen-bond donors (Lipinski definition) is 1. The summed E-state index contributed by atoms with van der Waals surface area (Å²) in [5, 5.41) is 2.30. The van der Waals surface area contributed by atoms with Gasteiger partial charge in [0.25, 0.3) is 0 Å². The van der Waals surface area contributed by atoms with Gasteiger partial charge in [0, 0.05) is 18.3 Å². The van der Waals surface area contributed by atoms with E-state index in [0.717, 1.165) is 5.56 Å². The molecule has 0 aliphatic heterocycles. The molecule has 0 aliphatic carbocycles. The molecule has 3 aromatic rings. The van der Waals surface area contributed by atoms with Gasteiger partial charge in [0.1, 0.15) is 0 Å². The van der Waals surface area contributed by atoms with E-state index in [9.17, 15) is 31.1 Å². The topological polar surface area (TPSA) is 38.3 Å². The molecule has 3 nitrogen and oxygen atoms in total. The van der Waals surface area contributed by atoms with Crippen molar-refractivity contribution in [2.75, 3.05) is 6.61 Å². The standard InChI is InChI=1S/C28H25F6I2NO2/c1-5-39-25(38)37-24(23-20(35)13-17(14-21(23)36)26(2,3)4)22-18(27(29,30)31)11-16(12-19(22)28(32,33)34)15-9-7-6-8-10-15/h6-14,24H,5H2,1-4H3,(H,37,38). The molecule has 1 unspecified atom stereocenters. The van der Waals surface area contributed by atoms with Gasteiger partial charge in [-0.25, -0.2) is 4.79 Å². The second kappa shape index (κ2) is 11.8. The summed E-state index contributed by atoms with van der Waals surface area (Å²) < 4.78 is 93.2. The second-order valence-corrected chi connectivity index (χ2v) is 12.1. The molecule has 0 saturated carbocycles. The van der Waals surface area contributed by atoms with Crippen LogP contribution >= 0.6 is 45.2 Å². The number of ether oxygens (including phenoxy) is 1. The lowest BCUT2D eigenvalue weighted by Crippen LogP contribution is -2.34. The number of carbonyl (C=O) groups is 1. The number of rotatable bonds is 5. The van der Waals surface area contributed by atoms with Gasteiger partial charge in [0.15, 0.2) is 0 Å². The van der Waals surface area contributed by atoms with E-state index in [1.54, 1.807) is 18.2 Å². The quantitative estimate of drug-likeness (QED) is 0.207. The average molecular weight is 775 g/mol. The number of carbonyl (C=O) groups excluding carboxylic acids is 1. The van der Waals surface area contributed by atoms with Gasteiger partial charge in [-0.05, 0) is 98.5 Å². The fourth-order valence-corrected chi connectivity index (χ4v) is 6.49. The van der Waals surface area contributed by atoms with Gasteiger partial charge in [-0.1, -0.05) is 51.1 Å². The molecule has 0 spiro atoms. The Morgan fingerprint density at radius 2 is 1.31 bits per heavy atom. The van der Waals surface area contributed by atoms with E-state index in [2.05, 4.69) is 5.32 Å². The number of alkyl halides is 6. The van der Waals surface area contributed by atoms with Gasteiger partial charge in [-0.3, -0.25) is 0 Å². The Labute approximate surface area is 250 Å². The third kappa shape index (κ3) is 7.39. The first kappa shape index (κ1) is 31.5. The minimum absolute atomic E-state index is 0.112. The predicted molar refractivity (Wildman–Crippen MR) is 154 cm³/mol. The highest BCUT2D eigenvalue weighted by Gasteiger charge is 2.45. The smallest absolute Gasteiger partial charge is 0.416 e. The Morgan fingerprint density at radius 3 is 1.72 bits per heavy atom. The van der Waals surface area contributed by atoms with E-state index in [0.29, 0.717) is 19.3 Å². The Hall–Kier alpha value is -2.03. The van der Waals surface area contributed by atoms with Gasteiger partial charge < -0.3 is 10.1 Å². The van der Waals surface area contributed by atoms with Gasteiger partial charge >= 0.3 is 18.4 Å². The monoisotopic (exact) mass is 775 g/mol. The summed E-state index contributed by atoms with van der Waals surface area (Å²) in [5.41, 5.74) is -3.54. The molecule has 39 heavy (non-hydrogen) atoms. The molecule has 1 atom stereocenters. The van der Waals surface area contributed by atoms with Crippen LogP contribution in [-0.2, 0) is 22.5 Å². The summed E-state index contributed by atoms with van der Waals surface area (Å²) in [4.78, 5) is 12.6. The van der Waals surface area contributed by atoms with Crippen LogP contribution in [0.3, 0.4) is 0 Å². The molecule has 0 heterocycles. The van der Waals surface area contributed by atoms with Crippen molar-refractivity contribution in [2.45, 2.75) is 51.5 Å². The molecular weight excluding hydrogens is 750 g/mol.